The van der Waals surface area contributed by atoms with Crippen LogP contribution in [0.5, 0.6) is 0 Å². The van der Waals surface area contributed by atoms with Crippen molar-refractivity contribution in [3.8, 4) is 0 Å². The van der Waals surface area contributed by atoms with Gasteiger partial charge in [0.15, 0.2) is 0 Å². The molecule has 0 aromatic heterocycles. The molecule has 2 aromatic carbocycles. The Labute approximate surface area is 168 Å². The Morgan fingerprint density at radius 1 is 1.07 bits per heavy atom. The van der Waals surface area contributed by atoms with Crippen molar-refractivity contribution in [2.75, 3.05) is 18.4 Å². The lowest BCUT2D eigenvalue weighted by molar-refractivity contribution is -0.384. The molecular formula is C21H22N4O4. The number of para-hydroxylation sites is 1. The zero-order valence-electron chi connectivity index (χ0n) is 15.8. The Morgan fingerprint density at radius 2 is 1.79 bits per heavy atom. The van der Waals surface area contributed by atoms with Crippen molar-refractivity contribution in [2.24, 2.45) is 0 Å². The molecule has 1 heterocycles. The maximum Gasteiger partial charge on any atom is 0.321 e. The molecule has 8 heteroatoms. The second-order valence-electron chi connectivity index (χ2n) is 6.75. The summed E-state index contributed by atoms with van der Waals surface area (Å²) in [5, 5.41) is 16.6. The van der Waals surface area contributed by atoms with Gasteiger partial charge in [0.1, 0.15) is 0 Å². The Bertz CT molecular complexity index is 906. The second kappa shape index (κ2) is 9.50. The molecule has 0 radical (unpaired) electrons. The summed E-state index contributed by atoms with van der Waals surface area (Å²) >= 11 is 0. The third-order valence-corrected chi connectivity index (χ3v) is 4.66. The molecule has 8 nitrogen and oxygen atoms in total. The average molecular weight is 394 g/mol. The lowest BCUT2D eigenvalue weighted by atomic mass is 10.1. The van der Waals surface area contributed by atoms with Crippen LogP contribution in [0.3, 0.4) is 0 Å². The lowest BCUT2D eigenvalue weighted by Gasteiger charge is -2.32. The predicted octanol–water partition coefficient (Wildman–Crippen LogP) is 3.42. The summed E-state index contributed by atoms with van der Waals surface area (Å²) in [7, 11) is 0. The molecule has 150 valence electrons. The maximum absolute atomic E-state index is 12.3. The van der Waals surface area contributed by atoms with Crippen LogP contribution in [0.1, 0.15) is 18.4 Å². The number of hydrogen-bond donors (Lipinski definition) is 2. The van der Waals surface area contributed by atoms with Crippen molar-refractivity contribution in [1.29, 1.82) is 0 Å². The van der Waals surface area contributed by atoms with Gasteiger partial charge in [-0.3, -0.25) is 14.9 Å². The third kappa shape index (κ3) is 5.90. The molecule has 1 aliphatic rings. The number of rotatable bonds is 5. The number of amides is 3. The maximum atomic E-state index is 12.3. The van der Waals surface area contributed by atoms with Crippen molar-refractivity contribution in [1.82, 2.24) is 10.2 Å². The van der Waals surface area contributed by atoms with Crippen LogP contribution < -0.4 is 10.6 Å². The summed E-state index contributed by atoms with van der Waals surface area (Å²) in [4.78, 5) is 36.5. The number of non-ortho nitro benzene ring substituents is 1. The monoisotopic (exact) mass is 394 g/mol. The van der Waals surface area contributed by atoms with Gasteiger partial charge in [0.05, 0.1) is 4.92 Å². The molecule has 0 bridgehead atoms. The van der Waals surface area contributed by atoms with Gasteiger partial charge in [-0.15, -0.1) is 0 Å². The molecule has 1 saturated heterocycles. The molecule has 0 spiro atoms. The van der Waals surface area contributed by atoms with Gasteiger partial charge in [-0.05, 0) is 36.6 Å². The fourth-order valence-electron chi connectivity index (χ4n) is 3.11. The molecular weight excluding hydrogens is 372 g/mol. The number of likely N-dealkylation sites (tertiary alicyclic amines) is 1. The minimum atomic E-state index is -0.473. The second-order valence-corrected chi connectivity index (χ2v) is 6.75. The van der Waals surface area contributed by atoms with E-state index < -0.39 is 4.92 Å². The van der Waals surface area contributed by atoms with Crippen LogP contribution in [0, 0.1) is 10.1 Å². The average Bonchev–Trinajstić information content (AvgIpc) is 2.73. The number of urea groups is 1. The van der Waals surface area contributed by atoms with Crippen molar-refractivity contribution in [2.45, 2.75) is 18.9 Å². The first-order valence-corrected chi connectivity index (χ1v) is 9.35. The fraction of sp³-hybridized carbons (Fsp3) is 0.238. The SMILES string of the molecule is O=C(/C=C/c1cccc([N+](=O)[O-])c1)NC1CCN(C(=O)Nc2ccccc2)CC1. The van der Waals surface area contributed by atoms with Crippen LogP contribution >= 0.6 is 0 Å². The molecule has 0 saturated carbocycles. The molecule has 3 rings (SSSR count). The largest absolute Gasteiger partial charge is 0.350 e. The minimum absolute atomic E-state index is 0.0157. The molecule has 29 heavy (non-hydrogen) atoms. The smallest absolute Gasteiger partial charge is 0.321 e. The van der Waals surface area contributed by atoms with Crippen molar-refractivity contribution < 1.29 is 14.5 Å². The number of piperidine rings is 1. The minimum Gasteiger partial charge on any atom is -0.350 e. The molecule has 0 aliphatic carbocycles. The summed E-state index contributed by atoms with van der Waals surface area (Å²) in [6, 6.07) is 15.2. The molecule has 0 unspecified atom stereocenters. The molecule has 2 aromatic rings. The summed E-state index contributed by atoms with van der Waals surface area (Å²) in [6.45, 7) is 1.11. The molecule has 1 aliphatic heterocycles. The van der Waals surface area contributed by atoms with E-state index in [-0.39, 0.29) is 23.7 Å². The quantitative estimate of drug-likeness (QED) is 0.460. The zero-order valence-corrected chi connectivity index (χ0v) is 15.8. The van der Waals surface area contributed by atoms with Crippen molar-refractivity contribution in [3.05, 3.63) is 76.4 Å². The first-order valence-electron chi connectivity index (χ1n) is 9.35. The summed E-state index contributed by atoms with van der Waals surface area (Å²) in [5.74, 6) is -0.260. The number of nitrogens with zero attached hydrogens (tertiary/aromatic N) is 2. The van der Waals surface area contributed by atoms with Gasteiger partial charge in [0, 0.05) is 43.0 Å². The zero-order chi connectivity index (χ0) is 20.6. The van der Waals surface area contributed by atoms with Gasteiger partial charge >= 0.3 is 6.03 Å². The number of nitro groups is 1. The van der Waals surface area contributed by atoms with Crippen LogP contribution in [0.4, 0.5) is 16.2 Å². The van der Waals surface area contributed by atoms with Crippen LogP contribution in [-0.2, 0) is 4.79 Å². The molecule has 0 atom stereocenters. The number of hydrogen-bond acceptors (Lipinski definition) is 4. The first kappa shape index (κ1) is 20.1. The van der Waals surface area contributed by atoms with E-state index >= 15 is 0 Å². The summed E-state index contributed by atoms with van der Waals surface area (Å²) < 4.78 is 0. The van der Waals surface area contributed by atoms with E-state index in [1.807, 2.05) is 30.3 Å². The van der Waals surface area contributed by atoms with E-state index in [2.05, 4.69) is 10.6 Å². The predicted molar refractivity (Wildman–Crippen MR) is 110 cm³/mol. The van der Waals surface area contributed by atoms with E-state index in [1.165, 1.54) is 18.2 Å². The van der Waals surface area contributed by atoms with E-state index in [9.17, 15) is 19.7 Å². The highest BCUT2D eigenvalue weighted by atomic mass is 16.6. The number of anilines is 1. The van der Waals surface area contributed by atoms with Crippen LogP contribution in [-0.4, -0.2) is 40.9 Å². The topological polar surface area (TPSA) is 105 Å². The van der Waals surface area contributed by atoms with Crippen LogP contribution in [0.15, 0.2) is 60.7 Å². The number of nitro benzene ring substituents is 1. The number of carbonyl (C=O) groups excluding carboxylic acids is 2. The number of benzene rings is 2. The van der Waals surface area contributed by atoms with Gasteiger partial charge in [-0.25, -0.2) is 4.79 Å². The third-order valence-electron chi connectivity index (χ3n) is 4.66. The van der Waals surface area contributed by atoms with E-state index in [0.717, 1.165) is 5.69 Å². The molecule has 3 amide bonds. The summed E-state index contributed by atoms with van der Waals surface area (Å²) in [5.41, 5.74) is 1.31. The van der Waals surface area contributed by atoms with Crippen LogP contribution in [0.2, 0.25) is 0 Å². The highest BCUT2D eigenvalue weighted by Crippen LogP contribution is 2.15. The van der Waals surface area contributed by atoms with Gasteiger partial charge in [-0.2, -0.15) is 0 Å². The van der Waals surface area contributed by atoms with E-state index in [4.69, 9.17) is 0 Å². The first-order chi connectivity index (χ1) is 14.0. The highest BCUT2D eigenvalue weighted by molar-refractivity contribution is 5.92. The van der Waals surface area contributed by atoms with E-state index in [0.29, 0.717) is 31.5 Å². The number of carbonyl (C=O) groups is 2. The Kier molecular flexibility index (Phi) is 6.57. The Balaban J connectivity index is 1.45. The van der Waals surface area contributed by atoms with Crippen molar-refractivity contribution >= 4 is 29.4 Å². The fourth-order valence-corrected chi connectivity index (χ4v) is 3.11. The Morgan fingerprint density at radius 3 is 2.48 bits per heavy atom. The van der Waals surface area contributed by atoms with Gasteiger partial charge in [0.25, 0.3) is 5.69 Å². The molecule has 2 N–H and O–H groups in total. The van der Waals surface area contributed by atoms with Crippen molar-refractivity contribution in [3.63, 3.8) is 0 Å². The normalized spacial score (nSPS) is 14.6. The van der Waals surface area contributed by atoms with Crippen LogP contribution in [0.25, 0.3) is 6.08 Å². The van der Waals surface area contributed by atoms with Gasteiger partial charge in [-0.1, -0.05) is 30.3 Å². The standard InChI is InChI=1S/C21H22N4O4/c26-20(10-9-16-5-4-8-19(15-16)25(28)29)22-18-11-13-24(14-12-18)21(27)23-17-6-2-1-3-7-17/h1-10,15,18H,11-14H2,(H,22,26)(H,23,27)/b10-9+. The lowest BCUT2D eigenvalue weighted by Crippen LogP contribution is -2.47. The summed E-state index contributed by atoms with van der Waals surface area (Å²) in [6.07, 6.45) is 4.25. The highest BCUT2D eigenvalue weighted by Gasteiger charge is 2.23. The van der Waals surface area contributed by atoms with Gasteiger partial charge in [0.2, 0.25) is 5.91 Å². The number of nitrogens with one attached hydrogen (secondary N) is 2. The Hall–Kier alpha value is -3.68. The van der Waals surface area contributed by atoms with E-state index in [1.54, 1.807) is 23.1 Å². The van der Waals surface area contributed by atoms with Gasteiger partial charge < -0.3 is 15.5 Å². The molecule has 1 fully saturated rings.